The van der Waals surface area contributed by atoms with Crippen LogP contribution in [0.5, 0.6) is 11.5 Å². The minimum absolute atomic E-state index is 0.160. The van der Waals surface area contributed by atoms with Crippen molar-refractivity contribution in [2.24, 2.45) is 0 Å². The van der Waals surface area contributed by atoms with E-state index in [4.69, 9.17) is 9.47 Å². The zero-order valence-electron chi connectivity index (χ0n) is 14.0. The SMILES string of the molecule is CSCc1ccc(C(=O)Nc2nc(-c3ccc4c(c3)OCO4)cs2)cc1. The highest BCUT2D eigenvalue weighted by Gasteiger charge is 2.15. The number of benzene rings is 2. The highest BCUT2D eigenvalue weighted by Crippen LogP contribution is 2.36. The van der Waals surface area contributed by atoms with Gasteiger partial charge in [0.25, 0.3) is 5.91 Å². The van der Waals surface area contributed by atoms with Crippen LogP contribution in [-0.2, 0) is 5.75 Å². The van der Waals surface area contributed by atoms with Gasteiger partial charge in [0.1, 0.15) is 0 Å². The number of ether oxygens (including phenoxy) is 2. The number of rotatable bonds is 5. The molecular formula is C19H16N2O3S2. The van der Waals surface area contributed by atoms with Crippen LogP contribution in [0.25, 0.3) is 11.3 Å². The molecule has 26 heavy (non-hydrogen) atoms. The number of thioether (sulfide) groups is 1. The molecule has 0 radical (unpaired) electrons. The molecule has 0 unspecified atom stereocenters. The normalized spacial score (nSPS) is 12.2. The van der Waals surface area contributed by atoms with E-state index in [2.05, 4.69) is 16.6 Å². The largest absolute Gasteiger partial charge is 0.454 e. The molecular weight excluding hydrogens is 368 g/mol. The van der Waals surface area contributed by atoms with Crippen molar-refractivity contribution >= 4 is 34.1 Å². The minimum Gasteiger partial charge on any atom is -0.454 e. The lowest BCUT2D eigenvalue weighted by molar-refractivity contribution is 0.102. The first-order valence-corrected chi connectivity index (χ1v) is 10.2. The van der Waals surface area contributed by atoms with Crippen LogP contribution in [0.1, 0.15) is 15.9 Å². The van der Waals surface area contributed by atoms with Gasteiger partial charge in [-0.15, -0.1) is 11.3 Å². The number of thiazole rings is 1. The summed E-state index contributed by atoms with van der Waals surface area (Å²) < 4.78 is 10.7. The lowest BCUT2D eigenvalue weighted by Gasteiger charge is -2.03. The predicted octanol–water partition coefficient (Wildman–Crippen LogP) is 4.65. The van der Waals surface area contributed by atoms with E-state index in [0.29, 0.717) is 16.4 Å². The molecule has 1 aliphatic rings. The Morgan fingerprint density at radius 3 is 2.81 bits per heavy atom. The lowest BCUT2D eigenvalue weighted by atomic mass is 10.1. The number of anilines is 1. The zero-order valence-corrected chi connectivity index (χ0v) is 15.7. The van der Waals surface area contributed by atoms with Gasteiger partial charge in [0.05, 0.1) is 5.69 Å². The second-order valence-electron chi connectivity index (χ2n) is 5.69. The van der Waals surface area contributed by atoms with Gasteiger partial charge in [0.15, 0.2) is 16.6 Å². The first kappa shape index (κ1) is 16.9. The van der Waals surface area contributed by atoms with Crippen LogP contribution in [-0.4, -0.2) is 23.9 Å². The summed E-state index contributed by atoms with van der Waals surface area (Å²) in [6.07, 6.45) is 2.06. The van der Waals surface area contributed by atoms with E-state index in [1.165, 1.54) is 16.9 Å². The number of amides is 1. The second-order valence-corrected chi connectivity index (χ2v) is 7.41. The molecule has 0 spiro atoms. The number of hydrogen-bond acceptors (Lipinski definition) is 6. The predicted molar refractivity (Wildman–Crippen MR) is 105 cm³/mol. The molecule has 1 aromatic heterocycles. The molecule has 7 heteroatoms. The Morgan fingerprint density at radius 1 is 1.19 bits per heavy atom. The fraction of sp³-hybridized carbons (Fsp3) is 0.158. The average molecular weight is 384 g/mol. The number of nitrogens with one attached hydrogen (secondary N) is 1. The maximum Gasteiger partial charge on any atom is 0.257 e. The number of hydrogen-bond donors (Lipinski definition) is 1. The summed E-state index contributed by atoms with van der Waals surface area (Å²) in [4.78, 5) is 16.9. The van der Waals surface area contributed by atoms with E-state index in [9.17, 15) is 4.79 Å². The summed E-state index contributed by atoms with van der Waals surface area (Å²) in [5.41, 5.74) is 3.54. The summed E-state index contributed by atoms with van der Waals surface area (Å²) in [6.45, 7) is 0.243. The Morgan fingerprint density at radius 2 is 2.00 bits per heavy atom. The van der Waals surface area contributed by atoms with Crippen LogP contribution in [0.15, 0.2) is 47.8 Å². The van der Waals surface area contributed by atoms with Gasteiger partial charge in [0, 0.05) is 22.3 Å². The smallest absolute Gasteiger partial charge is 0.257 e. The first-order chi connectivity index (χ1) is 12.7. The summed E-state index contributed by atoms with van der Waals surface area (Å²) in [5.74, 6) is 2.23. The Hall–Kier alpha value is -2.51. The van der Waals surface area contributed by atoms with E-state index >= 15 is 0 Å². The highest BCUT2D eigenvalue weighted by atomic mass is 32.2. The molecule has 0 atom stereocenters. The number of carbonyl (C=O) groups is 1. The molecule has 4 rings (SSSR count). The Balaban J connectivity index is 1.47. The van der Waals surface area contributed by atoms with E-state index in [1.807, 2.05) is 47.8 Å². The quantitative estimate of drug-likeness (QED) is 0.694. The Labute approximate surface area is 159 Å². The van der Waals surface area contributed by atoms with Crippen LogP contribution in [0, 0.1) is 0 Å². The molecule has 1 amide bonds. The van der Waals surface area contributed by atoms with Crippen LogP contribution in [0.2, 0.25) is 0 Å². The number of carbonyl (C=O) groups excluding carboxylic acids is 1. The van der Waals surface area contributed by atoms with Crippen molar-refractivity contribution < 1.29 is 14.3 Å². The highest BCUT2D eigenvalue weighted by molar-refractivity contribution is 7.97. The molecule has 0 saturated heterocycles. The van der Waals surface area contributed by atoms with Crippen LogP contribution < -0.4 is 14.8 Å². The van der Waals surface area contributed by atoms with Crippen molar-refractivity contribution in [3.05, 3.63) is 59.0 Å². The van der Waals surface area contributed by atoms with Crippen molar-refractivity contribution in [1.29, 1.82) is 0 Å². The van der Waals surface area contributed by atoms with Crippen LogP contribution in [0.4, 0.5) is 5.13 Å². The van der Waals surface area contributed by atoms with Gasteiger partial charge in [-0.1, -0.05) is 12.1 Å². The van der Waals surface area contributed by atoms with Crippen molar-refractivity contribution in [2.45, 2.75) is 5.75 Å². The van der Waals surface area contributed by atoms with E-state index < -0.39 is 0 Å². The molecule has 1 N–H and O–H groups in total. The lowest BCUT2D eigenvalue weighted by Crippen LogP contribution is -2.11. The van der Waals surface area contributed by atoms with Crippen LogP contribution in [0.3, 0.4) is 0 Å². The Bertz CT molecular complexity index is 938. The van der Waals surface area contributed by atoms with Crippen molar-refractivity contribution in [1.82, 2.24) is 4.98 Å². The van der Waals surface area contributed by atoms with Crippen molar-refractivity contribution in [3.8, 4) is 22.8 Å². The minimum atomic E-state index is -0.160. The maximum atomic E-state index is 12.4. The summed E-state index contributed by atoms with van der Waals surface area (Å²) in [6, 6.07) is 13.3. The number of fused-ring (bicyclic) bond motifs is 1. The molecule has 2 heterocycles. The van der Waals surface area contributed by atoms with Crippen molar-refractivity contribution in [3.63, 3.8) is 0 Å². The monoisotopic (exact) mass is 384 g/mol. The molecule has 132 valence electrons. The number of aromatic nitrogens is 1. The molecule has 0 saturated carbocycles. The van der Waals surface area contributed by atoms with Gasteiger partial charge < -0.3 is 9.47 Å². The van der Waals surface area contributed by atoms with Crippen LogP contribution >= 0.6 is 23.1 Å². The summed E-state index contributed by atoms with van der Waals surface area (Å²) in [7, 11) is 0. The average Bonchev–Trinajstić information content (AvgIpc) is 3.31. The van der Waals surface area contributed by atoms with Gasteiger partial charge in [-0.2, -0.15) is 11.8 Å². The van der Waals surface area contributed by atoms with Gasteiger partial charge in [-0.05, 0) is 42.2 Å². The fourth-order valence-corrected chi connectivity index (χ4v) is 3.85. The molecule has 1 aliphatic heterocycles. The molecule has 0 bridgehead atoms. The molecule has 2 aromatic carbocycles. The third-order valence-electron chi connectivity index (χ3n) is 3.92. The molecule has 0 aliphatic carbocycles. The van der Waals surface area contributed by atoms with Crippen molar-refractivity contribution in [2.75, 3.05) is 18.4 Å². The molecule has 5 nitrogen and oxygen atoms in total. The maximum absolute atomic E-state index is 12.4. The van der Waals surface area contributed by atoms with E-state index in [-0.39, 0.29) is 12.7 Å². The fourth-order valence-electron chi connectivity index (χ4n) is 2.61. The topological polar surface area (TPSA) is 60.5 Å². The zero-order chi connectivity index (χ0) is 17.9. The van der Waals surface area contributed by atoms with E-state index in [0.717, 1.165) is 22.8 Å². The molecule has 0 fully saturated rings. The summed E-state index contributed by atoms with van der Waals surface area (Å²) in [5, 5.41) is 5.34. The van der Waals surface area contributed by atoms with Gasteiger partial charge >= 0.3 is 0 Å². The summed E-state index contributed by atoms with van der Waals surface area (Å²) >= 11 is 3.15. The number of nitrogens with zero attached hydrogens (tertiary/aromatic N) is 1. The third-order valence-corrected chi connectivity index (χ3v) is 5.30. The Kier molecular flexibility index (Phi) is 4.81. The third kappa shape index (κ3) is 3.54. The second kappa shape index (κ2) is 7.39. The van der Waals surface area contributed by atoms with E-state index in [1.54, 1.807) is 11.8 Å². The van der Waals surface area contributed by atoms with Gasteiger partial charge in [-0.3, -0.25) is 10.1 Å². The van der Waals surface area contributed by atoms with Gasteiger partial charge in [0.2, 0.25) is 6.79 Å². The molecule has 3 aromatic rings. The van der Waals surface area contributed by atoms with Gasteiger partial charge in [-0.25, -0.2) is 4.98 Å². The standard InChI is InChI=1S/C19H16N2O3S2/c1-25-9-12-2-4-13(5-3-12)18(22)21-19-20-15(10-26-19)14-6-7-16-17(8-14)24-11-23-16/h2-8,10H,9,11H2,1H3,(H,20,21,22). The first-order valence-electron chi connectivity index (χ1n) is 7.98.